The van der Waals surface area contributed by atoms with Gasteiger partial charge >= 0.3 is 0 Å². The molecule has 76 heavy (non-hydrogen) atoms. The summed E-state index contributed by atoms with van der Waals surface area (Å²) in [7, 11) is 0. The minimum atomic E-state index is -0.170. The first-order valence-corrected chi connectivity index (χ1v) is 27.3. The van der Waals surface area contributed by atoms with Gasteiger partial charge in [0, 0.05) is 81.6 Å². The second kappa shape index (κ2) is 16.8. The lowest BCUT2D eigenvalue weighted by atomic mass is 9.82. The maximum atomic E-state index is 2.47. The van der Waals surface area contributed by atoms with Gasteiger partial charge in [0.25, 0.3) is 0 Å². The lowest BCUT2D eigenvalue weighted by Gasteiger charge is -2.32. The van der Waals surface area contributed by atoms with Gasteiger partial charge in [-0.15, -0.1) is 11.3 Å². The van der Waals surface area contributed by atoms with Crippen molar-refractivity contribution >= 4 is 87.4 Å². The number of benzene rings is 11. The van der Waals surface area contributed by atoms with E-state index in [4.69, 9.17) is 0 Å². The third-order valence-electron chi connectivity index (χ3n) is 16.7. The van der Waals surface area contributed by atoms with Gasteiger partial charge in [-0.2, -0.15) is 0 Å². The number of anilines is 6. The Hall–Kier alpha value is -8.96. The minimum absolute atomic E-state index is 0.170. The number of fused-ring (bicyclic) bond motifs is 13. The molecule has 4 heteroatoms. The number of nitrogens with zero attached hydrogens (tertiary/aromatic N) is 3. The zero-order valence-corrected chi connectivity index (χ0v) is 43.7. The molecule has 2 aliphatic carbocycles. The first-order valence-electron chi connectivity index (χ1n) is 26.5. The molecular weight excluding hydrogens is 939 g/mol. The fraction of sp³-hybridized carbons (Fsp3) is 0.0833. The highest BCUT2D eigenvalue weighted by Crippen LogP contribution is 2.54. The Balaban J connectivity index is 1.00. The van der Waals surface area contributed by atoms with Crippen molar-refractivity contribution in [2.24, 2.45) is 0 Å². The third kappa shape index (κ3) is 6.67. The molecular formula is C72H53N3S. The van der Waals surface area contributed by atoms with Gasteiger partial charge in [-0.25, -0.2) is 0 Å². The van der Waals surface area contributed by atoms with E-state index < -0.39 is 0 Å². The predicted molar refractivity (Wildman–Crippen MR) is 324 cm³/mol. The van der Waals surface area contributed by atoms with Crippen LogP contribution in [-0.4, -0.2) is 4.57 Å². The van der Waals surface area contributed by atoms with E-state index in [-0.39, 0.29) is 10.8 Å². The molecule has 13 aromatic rings. The van der Waals surface area contributed by atoms with E-state index in [0.29, 0.717) is 0 Å². The Bertz CT molecular complexity index is 4300. The molecule has 0 aliphatic heterocycles. The van der Waals surface area contributed by atoms with Crippen molar-refractivity contribution in [3.63, 3.8) is 0 Å². The Morgan fingerprint density at radius 3 is 1.42 bits per heavy atom. The summed E-state index contributed by atoms with van der Waals surface area (Å²) in [5, 5.41) is 5.13. The number of rotatable bonds is 8. The van der Waals surface area contributed by atoms with Crippen LogP contribution in [0.2, 0.25) is 0 Å². The lowest BCUT2D eigenvalue weighted by molar-refractivity contribution is 0.660. The summed E-state index contributed by atoms with van der Waals surface area (Å²) in [6, 6.07) is 92.8. The number of hydrogen-bond donors (Lipinski definition) is 0. The summed E-state index contributed by atoms with van der Waals surface area (Å²) >= 11 is 1.90. The van der Waals surface area contributed by atoms with Crippen molar-refractivity contribution in [2.75, 3.05) is 9.80 Å². The van der Waals surface area contributed by atoms with Crippen LogP contribution in [-0.2, 0) is 10.8 Å². The summed E-state index contributed by atoms with van der Waals surface area (Å²) in [6.45, 7) is 9.49. The van der Waals surface area contributed by atoms with Crippen molar-refractivity contribution < 1.29 is 0 Å². The van der Waals surface area contributed by atoms with Crippen LogP contribution >= 0.6 is 11.3 Å². The SMILES string of the molecule is CC1(C)c2ccccc2-c2ccc(N(c3ccccc3)c3cc(-c4ccc5c(c4)c4c6sc7ccccc7c6ccc4n5-c4ccccc4)cc(N(c4ccccc4)c4ccc5c(c4)C(C)(C)c4ccccc4-5)c3)cc21. The van der Waals surface area contributed by atoms with E-state index in [0.717, 1.165) is 50.9 Å². The standard InChI is InChI=1S/C72H53N3S/c1-71(2)62-29-17-14-26-55(62)57-35-33-51(44-64(57)71)73(48-20-8-5-9-21-48)53-40-47(41-54(43-53)74(49-22-10-6-11-23-49)52-34-36-58-56-27-15-18-30-63(56)72(3,4)65(58)45-52)46-32-38-66-61(42-46)69-67(75(66)50-24-12-7-13-25-50)39-37-60-59-28-16-19-31-68(59)76-70(60)69/h5-45H,1-4H3. The van der Waals surface area contributed by atoms with Gasteiger partial charge in [0.2, 0.25) is 0 Å². The van der Waals surface area contributed by atoms with Crippen LogP contribution < -0.4 is 9.80 Å². The molecule has 0 unspecified atom stereocenters. The van der Waals surface area contributed by atoms with Gasteiger partial charge in [-0.05, 0) is 159 Å². The second-order valence-electron chi connectivity index (χ2n) is 21.7. The number of para-hydroxylation sites is 3. The first kappa shape index (κ1) is 44.5. The fourth-order valence-corrected chi connectivity index (χ4v) is 14.3. The minimum Gasteiger partial charge on any atom is -0.310 e. The van der Waals surface area contributed by atoms with E-state index >= 15 is 0 Å². The summed E-state index contributed by atoms with van der Waals surface area (Å²) in [4.78, 5) is 4.94. The molecule has 0 saturated heterocycles. The van der Waals surface area contributed by atoms with E-state index in [1.807, 2.05) is 11.3 Å². The maximum Gasteiger partial charge on any atom is 0.0555 e. The molecule has 3 nitrogen and oxygen atoms in total. The first-order chi connectivity index (χ1) is 37.2. The lowest BCUT2D eigenvalue weighted by Crippen LogP contribution is -2.17. The van der Waals surface area contributed by atoms with E-state index in [1.54, 1.807) is 0 Å². The third-order valence-corrected chi connectivity index (χ3v) is 17.9. The van der Waals surface area contributed by atoms with Crippen LogP contribution in [0.1, 0.15) is 49.9 Å². The molecule has 15 rings (SSSR count). The Morgan fingerprint density at radius 1 is 0.329 bits per heavy atom. The van der Waals surface area contributed by atoms with E-state index in [9.17, 15) is 0 Å². The molecule has 0 atom stereocenters. The highest BCUT2D eigenvalue weighted by atomic mass is 32.1. The van der Waals surface area contributed by atoms with Crippen molar-refractivity contribution in [2.45, 2.75) is 38.5 Å². The molecule has 11 aromatic carbocycles. The molecule has 0 saturated carbocycles. The van der Waals surface area contributed by atoms with Crippen LogP contribution in [0.5, 0.6) is 0 Å². The molecule has 2 aromatic heterocycles. The van der Waals surface area contributed by atoms with E-state index in [2.05, 4.69) is 291 Å². The van der Waals surface area contributed by atoms with E-state index in [1.165, 1.54) is 86.5 Å². The zero-order chi connectivity index (χ0) is 50.9. The van der Waals surface area contributed by atoms with Gasteiger partial charge in [0.15, 0.2) is 0 Å². The van der Waals surface area contributed by atoms with Crippen LogP contribution in [0.4, 0.5) is 34.1 Å². The van der Waals surface area contributed by atoms with Gasteiger partial charge in [-0.1, -0.05) is 173 Å². The van der Waals surface area contributed by atoms with Crippen LogP contribution in [0, 0.1) is 0 Å². The molecule has 362 valence electrons. The molecule has 0 radical (unpaired) electrons. The van der Waals surface area contributed by atoms with Crippen molar-refractivity contribution in [3.8, 4) is 39.1 Å². The van der Waals surface area contributed by atoms with Gasteiger partial charge in [-0.3, -0.25) is 0 Å². The maximum absolute atomic E-state index is 2.47. The molecule has 0 bridgehead atoms. The van der Waals surface area contributed by atoms with Gasteiger partial charge in [0.05, 0.1) is 11.0 Å². The monoisotopic (exact) mass is 991 g/mol. The van der Waals surface area contributed by atoms with Crippen LogP contribution in [0.25, 0.3) is 81.0 Å². The van der Waals surface area contributed by atoms with Gasteiger partial charge < -0.3 is 14.4 Å². The summed E-state index contributed by atoms with van der Waals surface area (Å²) in [6.07, 6.45) is 0. The summed E-state index contributed by atoms with van der Waals surface area (Å²) in [5.74, 6) is 0. The Kier molecular flexibility index (Phi) is 9.83. The number of thiophene rings is 1. The quantitative estimate of drug-likeness (QED) is 0.150. The highest BCUT2D eigenvalue weighted by Gasteiger charge is 2.37. The molecule has 0 spiro atoms. The highest BCUT2D eigenvalue weighted by molar-refractivity contribution is 7.26. The molecule has 2 heterocycles. The number of aromatic nitrogens is 1. The Labute approximate surface area is 447 Å². The number of hydrogen-bond acceptors (Lipinski definition) is 3. The molecule has 2 aliphatic rings. The largest absolute Gasteiger partial charge is 0.310 e. The van der Waals surface area contributed by atoms with Crippen LogP contribution in [0.3, 0.4) is 0 Å². The zero-order valence-electron chi connectivity index (χ0n) is 42.9. The molecule has 0 N–H and O–H groups in total. The normalized spacial score (nSPS) is 13.7. The second-order valence-corrected chi connectivity index (χ2v) is 22.8. The molecule has 0 fully saturated rings. The van der Waals surface area contributed by atoms with Crippen molar-refractivity contribution in [1.29, 1.82) is 0 Å². The summed E-state index contributed by atoms with van der Waals surface area (Å²) in [5.41, 5.74) is 22.7. The fourth-order valence-electron chi connectivity index (χ4n) is 13.1. The average Bonchev–Trinajstić information content (AvgIpc) is 4.27. The smallest absolute Gasteiger partial charge is 0.0555 e. The van der Waals surface area contributed by atoms with Crippen molar-refractivity contribution in [3.05, 3.63) is 271 Å². The Morgan fingerprint density at radius 2 is 0.829 bits per heavy atom. The van der Waals surface area contributed by atoms with Crippen LogP contribution in [0.15, 0.2) is 249 Å². The topological polar surface area (TPSA) is 11.4 Å². The molecule has 0 amide bonds. The van der Waals surface area contributed by atoms with Crippen molar-refractivity contribution in [1.82, 2.24) is 4.57 Å². The summed E-state index contributed by atoms with van der Waals surface area (Å²) < 4.78 is 5.08. The predicted octanol–water partition coefficient (Wildman–Crippen LogP) is 20.4. The average molecular weight is 992 g/mol. The van der Waals surface area contributed by atoms with Gasteiger partial charge in [0.1, 0.15) is 0 Å².